The predicted molar refractivity (Wildman–Crippen MR) is 71.6 cm³/mol. The Morgan fingerprint density at radius 3 is 2.28 bits per heavy atom. The maximum absolute atomic E-state index is 5.64. The molecule has 0 spiro atoms. The summed E-state index contributed by atoms with van der Waals surface area (Å²) >= 11 is 1.39. The third-order valence-corrected chi connectivity index (χ3v) is 3.35. The Labute approximate surface area is 109 Å². The number of rotatable bonds is 4. The van der Waals surface area contributed by atoms with Gasteiger partial charge in [-0.25, -0.2) is 4.98 Å². The smallest absolute Gasteiger partial charge is 0.203 e. The van der Waals surface area contributed by atoms with E-state index in [4.69, 9.17) is 19.9 Å². The maximum Gasteiger partial charge on any atom is 0.203 e. The Balaban J connectivity index is 2.61. The lowest BCUT2D eigenvalue weighted by Crippen LogP contribution is -1.96. The van der Waals surface area contributed by atoms with Gasteiger partial charge >= 0.3 is 0 Å². The van der Waals surface area contributed by atoms with Crippen molar-refractivity contribution in [1.82, 2.24) is 4.98 Å². The number of ether oxygens (including phenoxy) is 3. The zero-order chi connectivity index (χ0) is 13.1. The van der Waals surface area contributed by atoms with Crippen molar-refractivity contribution in [2.24, 2.45) is 0 Å². The summed E-state index contributed by atoms with van der Waals surface area (Å²) in [6.07, 6.45) is 1.71. The minimum Gasteiger partial charge on any atom is -0.493 e. The fraction of sp³-hybridized carbons (Fsp3) is 0.250. The molecule has 0 aliphatic heterocycles. The van der Waals surface area contributed by atoms with Gasteiger partial charge < -0.3 is 19.9 Å². The lowest BCUT2D eigenvalue weighted by atomic mass is 10.1. The van der Waals surface area contributed by atoms with Crippen molar-refractivity contribution < 1.29 is 14.2 Å². The molecule has 0 atom stereocenters. The summed E-state index contributed by atoms with van der Waals surface area (Å²) in [5, 5.41) is 0.516. The largest absolute Gasteiger partial charge is 0.493 e. The highest BCUT2D eigenvalue weighted by Gasteiger charge is 2.18. The first-order valence-electron chi connectivity index (χ1n) is 5.22. The van der Waals surface area contributed by atoms with E-state index in [-0.39, 0.29) is 0 Å². The van der Waals surface area contributed by atoms with Gasteiger partial charge in [-0.1, -0.05) is 11.3 Å². The van der Waals surface area contributed by atoms with E-state index < -0.39 is 0 Å². The van der Waals surface area contributed by atoms with Crippen molar-refractivity contribution >= 4 is 16.5 Å². The van der Waals surface area contributed by atoms with Gasteiger partial charge in [-0.05, 0) is 12.1 Å². The summed E-state index contributed by atoms with van der Waals surface area (Å²) in [6.45, 7) is 0. The number of hydrogen-bond acceptors (Lipinski definition) is 6. The van der Waals surface area contributed by atoms with Crippen LogP contribution in [0.1, 0.15) is 0 Å². The number of methoxy groups -OCH3 is 3. The van der Waals surface area contributed by atoms with Crippen LogP contribution in [-0.2, 0) is 0 Å². The molecule has 0 amide bonds. The Morgan fingerprint density at radius 1 is 1.06 bits per heavy atom. The molecule has 0 bridgehead atoms. The van der Waals surface area contributed by atoms with Gasteiger partial charge in [0.1, 0.15) is 0 Å². The highest BCUT2D eigenvalue weighted by atomic mass is 32.1. The summed E-state index contributed by atoms with van der Waals surface area (Å²) in [5.41, 5.74) is 6.52. The van der Waals surface area contributed by atoms with Crippen molar-refractivity contribution in [2.75, 3.05) is 27.1 Å². The second kappa shape index (κ2) is 5.14. The topological polar surface area (TPSA) is 66.6 Å². The van der Waals surface area contributed by atoms with E-state index in [1.54, 1.807) is 27.5 Å². The van der Waals surface area contributed by atoms with Crippen LogP contribution >= 0.6 is 11.3 Å². The average Bonchev–Trinajstić information content (AvgIpc) is 2.83. The zero-order valence-corrected chi connectivity index (χ0v) is 11.2. The summed E-state index contributed by atoms with van der Waals surface area (Å²) < 4.78 is 16.0. The summed E-state index contributed by atoms with van der Waals surface area (Å²) in [7, 11) is 4.75. The number of thiazole rings is 1. The first kappa shape index (κ1) is 12.5. The quantitative estimate of drug-likeness (QED) is 0.920. The molecule has 0 unspecified atom stereocenters. The van der Waals surface area contributed by atoms with Gasteiger partial charge in [0, 0.05) is 11.8 Å². The SMILES string of the molecule is COc1ccc(-c2cnc(N)s2)c(OC)c1OC. The standard InChI is InChI=1S/C12H14N2O3S/c1-15-8-5-4-7(9-6-14-12(13)18-9)10(16-2)11(8)17-3/h4-6H,1-3H3,(H2,13,14). The molecule has 96 valence electrons. The fourth-order valence-corrected chi connectivity index (χ4v) is 2.41. The van der Waals surface area contributed by atoms with Crippen LogP contribution in [0.5, 0.6) is 17.2 Å². The Morgan fingerprint density at radius 2 is 1.78 bits per heavy atom. The third kappa shape index (κ3) is 2.06. The van der Waals surface area contributed by atoms with Gasteiger partial charge in [-0.2, -0.15) is 0 Å². The molecular weight excluding hydrogens is 252 g/mol. The van der Waals surface area contributed by atoms with Crippen molar-refractivity contribution in [3.05, 3.63) is 18.3 Å². The summed E-state index contributed by atoms with van der Waals surface area (Å²) in [4.78, 5) is 4.96. The number of anilines is 1. The molecule has 18 heavy (non-hydrogen) atoms. The van der Waals surface area contributed by atoms with Crippen LogP contribution in [0.4, 0.5) is 5.13 Å². The Kier molecular flexibility index (Phi) is 3.57. The number of aromatic nitrogens is 1. The van der Waals surface area contributed by atoms with Gasteiger partial charge in [0.15, 0.2) is 16.6 Å². The summed E-state index contributed by atoms with van der Waals surface area (Å²) in [5.74, 6) is 1.79. The van der Waals surface area contributed by atoms with Crippen molar-refractivity contribution in [3.8, 4) is 27.7 Å². The van der Waals surface area contributed by atoms with Gasteiger partial charge in [0.2, 0.25) is 5.75 Å². The Hall–Kier alpha value is -1.95. The van der Waals surface area contributed by atoms with E-state index >= 15 is 0 Å². The molecule has 5 nitrogen and oxygen atoms in total. The molecule has 0 aliphatic carbocycles. The van der Waals surface area contributed by atoms with E-state index in [0.717, 1.165) is 10.4 Å². The van der Waals surface area contributed by atoms with Crippen LogP contribution in [0.25, 0.3) is 10.4 Å². The van der Waals surface area contributed by atoms with Gasteiger partial charge in [-0.3, -0.25) is 0 Å². The van der Waals surface area contributed by atoms with Crippen molar-refractivity contribution in [3.63, 3.8) is 0 Å². The molecule has 2 aromatic rings. The van der Waals surface area contributed by atoms with Crippen LogP contribution in [0.3, 0.4) is 0 Å². The molecule has 6 heteroatoms. The number of nitrogens with zero attached hydrogens (tertiary/aromatic N) is 1. The van der Waals surface area contributed by atoms with Crippen molar-refractivity contribution in [2.45, 2.75) is 0 Å². The minimum absolute atomic E-state index is 0.516. The highest BCUT2D eigenvalue weighted by molar-refractivity contribution is 7.18. The molecule has 1 aromatic heterocycles. The minimum atomic E-state index is 0.516. The van der Waals surface area contributed by atoms with Crippen LogP contribution in [0.15, 0.2) is 18.3 Å². The van der Waals surface area contributed by atoms with E-state index in [2.05, 4.69) is 4.98 Å². The van der Waals surface area contributed by atoms with E-state index in [1.807, 2.05) is 12.1 Å². The van der Waals surface area contributed by atoms with Crippen LogP contribution < -0.4 is 19.9 Å². The molecule has 0 saturated carbocycles. The zero-order valence-electron chi connectivity index (χ0n) is 10.4. The first-order valence-corrected chi connectivity index (χ1v) is 6.03. The second-order valence-electron chi connectivity index (χ2n) is 3.44. The highest BCUT2D eigenvalue weighted by Crippen LogP contribution is 2.45. The molecule has 0 radical (unpaired) electrons. The maximum atomic E-state index is 5.64. The number of benzene rings is 1. The third-order valence-electron chi connectivity index (χ3n) is 2.49. The molecule has 0 fully saturated rings. The lowest BCUT2D eigenvalue weighted by Gasteiger charge is -2.14. The molecule has 1 heterocycles. The molecule has 0 saturated heterocycles. The normalized spacial score (nSPS) is 10.2. The van der Waals surface area contributed by atoms with E-state index in [1.165, 1.54) is 11.3 Å². The fourth-order valence-electron chi connectivity index (χ4n) is 1.71. The van der Waals surface area contributed by atoms with Crippen LogP contribution in [0, 0.1) is 0 Å². The van der Waals surface area contributed by atoms with Crippen LogP contribution in [-0.4, -0.2) is 26.3 Å². The predicted octanol–water partition coefficient (Wildman–Crippen LogP) is 2.42. The first-order chi connectivity index (χ1) is 8.71. The number of hydrogen-bond donors (Lipinski definition) is 1. The molecule has 2 rings (SSSR count). The van der Waals surface area contributed by atoms with Crippen LogP contribution in [0.2, 0.25) is 0 Å². The molecule has 1 aromatic carbocycles. The monoisotopic (exact) mass is 266 g/mol. The Bertz CT molecular complexity index is 554. The van der Waals surface area contributed by atoms with E-state index in [0.29, 0.717) is 22.4 Å². The van der Waals surface area contributed by atoms with Crippen molar-refractivity contribution in [1.29, 1.82) is 0 Å². The van der Waals surface area contributed by atoms with Gasteiger partial charge in [0.25, 0.3) is 0 Å². The number of nitrogens with two attached hydrogens (primary N) is 1. The van der Waals surface area contributed by atoms with Gasteiger partial charge in [0.05, 0.1) is 26.2 Å². The van der Waals surface area contributed by atoms with E-state index in [9.17, 15) is 0 Å². The molecule has 2 N–H and O–H groups in total. The number of nitrogen functional groups attached to an aromatic ring is 1. The lowest BCUT2D eigenvalue weighted by molar-refractivity contribution is 0.325. The summed E-state index contributed by atoms with van der Waals surface area (Å²) in [6, 6.07) is 3.72. The second-order valence-corrected chi connectivity index (χ2v) is 4.51. The average molecular weight is 266 g/mol. The van der Waals surface area contributed by atoms with Gasteiger partial charge in [-0.15, -0.1) is 0 Å². The molecular formula is C12H14N2O3S. The molecule has 0 aliphatic rings.